The summed E-state index contributed by atoms with van der Waals surface area (Å²) in [6.45, 7) is 2.04. The largest absolute Gasteiger partial charge is 0.295 e. The molecule has 2 rings (SSSR count). The maximum atomic E-state index is 11.1. The standard InChI is InChI=1S/C11H12O3S/c1-8-4-2-6-10-9(8)5-3-7-11(10)15(12,13)14/h2-3,5-8H,4H2,1H3,(H,12,13,14). The highest BCUT2D eigenvalue weighted by atomic mass is 32.2. The van der Waals surface area contributed by atoms with Crippen molar-refractivity contribution in [1.29, 1.82) is 0 Å². The van der Waals surface area contributed by atoms with Crippen LogP contribution in [0.2, 0.25) is 0 Å². The summed E-state index contributed by atoms with van der Waals surface area (Å²) in [7, 11) is -4.12. The third-order valence-corrected chi connectivity index (χ3v) is 3.59. The average molecular weight is 224 g/mol. The van der Waals surface area contributed by atoms with Crippen LogP contribution in [0.5, 0.6) is 0 Å². The van der Waals surface area contributed by atoms with Crippen molar-refractivity contribution in [1.82, 2.24) is 0 Å². The Morgan fingerprint density at radius 3 is 2.80 bits per heavy atom. The second kappa shape index (κ2) is 3.47. The van der Waals surface area contributed by atoms with Gasteiger partial charge in [0.2, 0.25) is 0 Å². The fourth-order valence-electron chi connectivity index (χ4n) is 1.91. The third kappa shape index (κ3) is 1.82. The van der Waals surface area contributed by atoms with E-state index >= 15 is 0 Å². The van der Waals surface area contributed by atoms with Crippen molar-refractivity contribution >= 4 is 16.2 Å². The van der Waals surface area contributed by atoms with Gasteiger partial charge in [0, 0.05) is 0 Å². The Labute approximate surface area is 89.2 Å². The SMILES string of the molecule is CC1CC=Cc2c1cccc2S(=O)(=O)O. The van der Waals surface area contributed by atoms with E-state index < -0.39 is 10.1 Å². The number of rotatable bonds is 1. The molecule has 1 aliphatic rings. The van der Waals surface area contributed by atoms with Crippen molar-refractivity contribution in [3.05, 3.63) is 35.4 Å². The number of fused-ring (bicyclic) bond motifs is 1. The van der Waals surface area contributed by atoms with Gasteiger partial charge in [0.05, 0.1) is 0 Å². The highest BCUT2D eigenvalue weighted by Crippen LogP contribution is 2.32. The summed E-state index contributed by atoms with van der Waals surface area (Å²) < 4.78 is 31.3. The molecular weight excluding hydrogens is 212 g/mol. The molecule has 0 saturated carbocycles. The van der Waals surface area contributed by atoms with Crippen LogP contribution in [0.15, 0.2) is 29.2 Å². The van der Waals surface area contributed by atoms with Crippen LogP contribution in [-0.4, -0.2) is 13.0 Å². The zero-order valence-corrected chi connectivity index (χ0v) is 9.16. The van der Waals surface area contributed by atoms with Gasteiger partial charge in [-0.25, -0.2) is 0 Å². The highest BCUT2D eigenvalue weighted by molar-refractivity contribution is 7.85. The topological polar surface area (TPSA) is 54.4 Å². The molecule has 0 heterocycles. The van der Waals surface area contributed by atoms with Crippen molar-refractivity contribution < 1.29 is 13.0 Å². The molecular formula is C11H12O3S. The van der Waals surface area contributed by atoms with Crippen molar-refractivity contribution in [3.8, 4) is 0 Å². The first-order valence-corrected chi connectivity index (χ1v) is 6.21. The van der Waals surface area contributed by atoms with Crippen molar-refractivity contribution in [3.63, 3.8) is 0 Å². The lowest BCUT2D eigenvalue weighted by molar-refractivity contribution is 0.482. The Kier molecular flexibility index (Phi) is 2.40. The first kappa shape index (κ1) is 10.4. The zero-order valence-electron chi connectivity index (χ0n) is 8.34. The Hall–Kier alpha value is -1.13. The minimum absolute atomic E-state index is 0.00259. The van der Waals surface area contributed by atoms with Crippen molar-refractivity contribution in [2.75, 3.05) is 0 Å². The van der Waals surface area contributed by atoms with E-state index in [1.165, 1.54) is 6.07 Å². The van der Waals surface area contributed by atoms with Gasteiger partial charge in [-0.15, -0.1) is 0 Å². The van der Waals surface area contributed by atoms with Gasteiger partial charge < -0.3 is 0 Å². The summed E-state index contributed by atoms with van der Waals surface area (Å²) in [5.74, 6) is 0.298. The Morgan fingerprint density at radius 2 is 2.13 bits per heavy atom. The van der Waals surface area contributed by atoms with Crippen molar-refractivity contribution in [2.24, 2.45) is 0 Å². The summed E-state index contributed by atoms with van der Waals surface area (Å²) >= 11 is 0. The second-order valence-electron chi connectivity index (χ2n) is 3.77. The summed E-state index contributed by atoms with van der Waals surface area (Å²) in [5, 5.41) is 0. The second-order valence-corrected chi connectivity index (χ2v) is 5.16. The maximum Gasteiger partial charge on any atom is 0.295 e. The van der Waals surface area contributed by atoms with Gasteiger partial charge in [-0.2, -0.15) is 8.42 Å². The van der Waals surface area contributed by atoms with Gasteiger partial charge in [-0.1, -0.05) is 31.2 Å². The molecule has 0 radical (unpaired) electrons. The number of benzene rings is 1. The molecule has 80 valence electrons. The molecule has 4 heteroatoms. The summed E-state index contributed by atoms with van der Waals surface area (Å²) in [5.41, 5.74) is 1.60. The molecule has 1 aliphatic carbocycles. The number of hydrogen-bond donors (Lipinski definition) is 1. The van der Waals surface area contributed by atoms with Crippen LogP contribution in [0, 0.1) is 0 Å². The van der Waals surface area contributed by atoms with Gasteiger partial charge in [-0.05, 0) is 29.5 Å². The molecule has 1 aromatic rings. The van der Waals surface area contributed by atoms with Crippen LogP contribution in [0.25, 0.3) is 6.08 Å². The number of allylic oxidation sites excluding steroid dienone is 1. The zero-order chi connectivity index (χ0) is 11.1. The Bertz CT molecular complexity index is 515. The Balaban J connectivity index is 2.72. The fourth-order valence-corrected chi connectivity index (χ4v) is 2.63. The van der Waals surface area contributed by atoms with Gasteiger partial charge in [0.25, 0.3) is 10.1 Å². The van der Waals surface area contributed by atoms with E-state index in [0.29, 0.717) is 11.5 Å². The van der Waals surface area contributed by atoms with Gasteiger partial charge in [0.15, 0.2) is 0 Å². The van der Waals surface area contributed by atoms with E-state index in [9.17, 15) is 8.42 Å². The molecule has 0 aliphatic heterocycles. The molecule has 0 aromatic heterocycles. The lowest BCUT2D eigenvalue weighted by atomic mass is 9.89. The van der Waals surface area contributed by atoms with Crippen LogP contribution >= 0.6 is 0 Å². The molecule has 0 amide bonds. The molecule has 1 N–H and O–H groups in total. The molecule has 0 bridgehead atoms. The van der Waals surface area contributed by atoms with E-state index in [0.717, 1.165) is 12.0 Å². The first-order valence-electron chi connectivity index (χ1n) is 4.77. The molecule has 0 fully saturated rings. The van der Waals surface area contributed by atoms with Crippen LogP contribution in [0.1, 0.15) is 30.4 Å². The van der Waals surface area contributed by atoms with Crippen LogP contribution in [-0.2, 0) is 10.1 Å². The minimum atomic E-state index is -4.12. The van der Waals surface area contributed by atoms with Gasteiger partial charge >= 0.3 is 0 Å². The van der Waals surface area contributed by atoms with E-state index in [-0.39, 0.29) is 4.90 Å². The third-order valence-electron chi connectivity index (χ3n) is 2.68. The van der Waals surface area contributed by atoms with E-state index in [2.05, 4.69) is 0 Å². The molecule has 1 atom stereocenters. The molecule has 3 nitrogen and oxygen atoms in total. The predicted molar refractivity (Wildman–Crippen MR) is 58.3 cm³/mol. The molecule has 0 saturated heterocycles. The van der Waals surface area contributed by atoms with Crippen molar-refractivity contribution in [2.45, 2.75) is 24.2 Å². The van der Waals surface area contributed by atoms with Crippen LogP contribution < -0.4 is 0 Å². The monoisotopic (exact) mass is 224 g/mol. The normalized spacial score (nSPS) is 20.0. The predicted octanol–water partition coefficient (Wildman–Crippen LogP) is 2.45. The summed E-state index contributed by atoms with van der Waals surface area (Å²) in [6.07, 6.45) is 4.60. The van der Waals surface area contributed by atoms with E-state index in [4.69, 9.17) is 4.55 Å². The summed E-state index contributed by atoms with van der Waals surface area (Å²) in [4.78, 5) is 0.00259. The molecule has 0 spiro atoms. The smallest absolute Gasteiger partial charge is 0.282 e. The minimum Gasteiger partial charge on any atom is -0.282 e. The molecule has 1 unspecified atom stereocenters. The molecule has 1 aromatic carbocycles. The van der Waals surface area contributed by atoms with E-state index in [1.807, 2.05) is 19.1 Å². The van der Waals surface area contributed by atoms with Crippen LogP contribution in [0.3, 0.4) is 0 Å². The lowest BCUT2D eigenvalue weighted by Crippen LogP contribution is -2.07. The van der Waals surface area contributed by atoms with Gasteiger partial charge in [0.1, 0.15) is 4.90 Å². The average Bonchev–Trinajstić information content (AvgIpc) is 2.16. The number of hydrogen-bond acceptors (Lipinski definition) is 2. The quantitative estimate of drug-likeness (QED) is 0.745. The molecule has 15 heavy (non-hydrogen) atoms. The Morgan fingerprint density at radius 1 is 1.40 bits per heavy atom. The fraction of sp³-hybridized carbons (Fsp3) is 0.273. The van der Waals surface area contributed by atoms with E-state index in [1.54, 1.807) is 12.1 Å². The highest BCUT2D eigenvalue weighted by Gasteiger charge is 2.20. The maximum absolute atomic E-state index is 11.1. The van der Waals surface area contributed by atoms with Gasteiger partial charge in [-0.3, -0.25) is 4.55 Å². The van der Waals surface area contributed by atoms with Crippen LogP contribution in [0.4, 0.5) is 0 Å². The lowest BCUT2D eigenvalue weighted by Gasteiger charge is -2.19. The first-order chi connectivity index (χ1) is 7.00. The summed E-state index contributed by atoms with van der Waals surface area (Å²) in [6, 6.07) is 4.99.